The first-order valence-corrected chi connectivity index (χ1v) is 10.5. The number of hydrogen-bond acceptors (Lipinski definition) is 6. The molecule has 0 aliphatic carbocycles. The zero-order valence-corrected chi connectivity index (χ0v) is 16.3. The predicted octanol–water partition coefficient (Wildman–Crippen LogP) is 1.41. The molecule has 1 aliphatic heterocycles. The Morgan fingerprint density at radius 1 is 1.19 bits per heavy atom. The van der Waals surface area contributed by atoms with E-state index >= 15 is 0 Å². The molecule has 0 N–H and O–H groups in total. The van der Waals surface area contributed by atoms with Crippen molar-refractivity contribution in [1.29, 1.82) is 0 Å². The molecule has 2 rings (SSSR count). The maximum Gasteiger partial charge on any atom is 0.338 e. The van der Waals surface area contributed by atoms with Gasteiger partial charge < -0.3 is 14.4 Å². The molecule has 1 saturated heterocycles. The van der Waals surface area contributed by atoms with Crippen molar-refractivity contribution in [3.63, 3.8) is 0 Å². The third-order valence-electron chi connectivity index (χ3n) is 3.98. The fraction of sp³-hybridized carbons (Fsp3) is 0.556. The second-order valence-corrected chi connectivity index (χ2v) is 8.96. The number of ether oxygens (including phenoxy) is 2. The Labute approximate surface area is 154 Å². The Morgan fingerprint density at radius 3 is 2.23 bits per heavy atom. The first-order valence-electron chi connectivity index (χ1n) is 8.47. The van der Waals surface area contributed by atoms with E-state index in [1.165, 1.54) is 12.1 Å². The molecular formula is C18H25NO6S. The Hall–Kier alpha value is -1.93. The molecule has 0 radical (unpaired) electrons. The Kier molecular flexibility index (Phi) is 6.41. The van der Waals surface area contributed by atoms with Gasteiger partial charge in [-0.1, -0.05) is 12.1 Å². The van der Waals surface area contributed by atoms with Crippen LogP contribution < -0.4 is 0 Å². The van der Waals surface area contributed by atoms with Gasteiger partial charge >= 0.3 is 5.97 Å². The van der Waals surface area contributed by atoms with Gasteiger partial charge in [0.1, 0.15) is 0 Å². The number of carbonyl (C=O) groups is 2. The second kappa shape index (κ2) is 8.18. The van der Waals surface area contributed by atoms with Crippen molar-refractivity contribution in [1.82, 2.24) is 4.90 Å². The SMILES string of the molecule is CC1CN(C(=O)C(C)OC(=O)c2ccc(CS(C)(=O)=O)cc2)CC(C)O1. The fourth-order valence-corrected chi connectivity index (χ4v) is 3.73. The number of rotatable bonds is 5. The molecule has 26 heavy (non-hydrogen) atoms. The topological polar surface area (TPSA) is 90.0 Å². The van der Waals surface area contributed by atoms with Gasteiger partial charge in [0.2, 0.25) is 0 Å². The minimum atomic E-state index is -3.14. The highest BCUT2D eigenvalue weighted by Gasteiger charge is 2.30. The summed E-state index contributed by atoms with van der Waals surface area (Å²) in [5, 5.41) is 0. The minimum Gasteiger partial charge on any atom is -0.449 e. The van der Waals surface area contributed by atoms with Gasteiger partial charge in [0, 0.05) is 19.3 Å². The normalized spacial score (nSPS) is 21.9. The second-order valence-electron chi connectivity index (χ2n) is 6.82. The lowest BCUT2D eigenvalue weighted by atomic mass is 10.1. The molecule has 1 amide bonds. The molecule has 144 valence electrons. The van der Waals surface area contributed by atoms with Gasteiger partial charge in [-0.25, -0.2) is 13.2 Å². The average Bonchev–Trinajstić information content (AvgIpc) is 2.52. The molecule has 8 heteroatoms. The molecular weight excluding hydrogens is 358 g/mol. The highest BCUT2D eigenvalue weighted by molar-refractivity contribution is 7.89. The largest absolute Gasteiger partial charge is 0.449 e. The lowest BCUT2D eigenvalue weighted by Crippen LogP contribution is -2.51. The number of benzene rings is 1. The van der Waals surface area contributed by atoms with E-state index in [0.717, 1.165) is 6.26 Å². The van der Waals surface area contributed by atoms with Crippen molar-refractivity contribution >= 4 is 21.7 Å². The monoisotopic (exact) mass is 383 g/mol. The number of morpholine rings is 1. The lowest BCUT2D eigenvalue weighted by Gasteiger charge is -2.36. The first-order chi connectivity index (χ1) is 12.0. The number of carbonyl (C=O) groups excluding carboxylic acids is 2. The number of sulfone groups is 1. The van der Waals surface area contributed by atoms with Crippen molar-refractivity contribution < 1.29 is 27.5 Å². The molecule has 1 aromatic carbocycles. The number of amides is 1. The van der Waals surface area contributed by atoms with E-state index in [4.69, 9.17) is 9.47 Å². The van der Waals surface area contributed by atoms with Crippen molar-refractivity contribution in [2.75, 3.05) is 19.3 Å². The number of esters is 1. The van der Waals surface area contributed by atoms with Gasteiger partial charge in [-0.15, -0.1) is 0 Å². The van der Waals surface area contributed by atoms with Crippen LogP contribution in [-0.2, 0) is 29.9 Å². The quantitative estimate of drug-likeness (QED) is 0.714. The van der Waals surface area contributed by atoms with Gasteiger partial charge in [-0.05, 0) is 38.5 Å². The molecule has 1 aromatic rings. The third kappa shape index (κ3) is 5.81. The summed E-state index contributed by atoms with van der Waals surface area (Å²) in [7, 11) is -3.14. The Bertz CT molecular complexity index is 748. The fourth-order valence-electron chi connectivity index (χ4n) is 2.93. The standard InChI is InChI=1S/C18H25NO6S/c1-12-9-19(10-13(2)24-12)17(20)14(3)25-18(21)16-7-5-15(6-8-16)11-26(4,22)23/h5-8,12-14H,9-11H2,1-4H3. The Balaban J connectivity index is 1.96. The van der Waals surface area contributed by atoms with Gasteiger partial charge in [0.15, 0.2) is 15.9 Å². The van der Waals surface area contributed by atoms with Crippen LogP contribution in [0.5, 0.6) is 0 Å². The average molecular weight is 383 g/mol. The molecule has 7 nitrogen and oxygen atoms in total. The van der Waals surface area contributed by atoms with Gasteiger partial charge in [0.25, 0.3) is 5.91 Å². The summed E-state index contributed by atoms with van der Waals surface area (Å²) < 4.78 is 33.5. The van der Waals surface area contributed by atoms with Crippen LogP contribution in [0.4, 0.5) is 0 Å². The molecule has 0 spiro atoms. The number of hydrogen-bond donors (Lipinski definition) is 0. The summed E-state index contributed by atoms with van der Waals surface area (Å²) >= 11 is 0. The van der Waals surface area contributed by atoms with Crippen LogP contribution in [-0.4, -0.2) is 62.9 Å². The zero-order valence-electron chi connectivity index (χ0n) is 15.5. The highest BCUT2D eigenvalue weighted by Crippen LogP contribution is 2.14. The van der Waals surface area contributed by atoms with E-state index in [9.17, 15) is 18.0 Å². The molecule has 3 atom stereocenters. The van der Waals surface area contributed by atoms with Crippen LogP contribution in [0.3, 0.4) is 0 Å². The molecule has 1 fully saturated rings. The van der Waals surface area contributed by atoms with E-state index < -0.39 is 21.9 Å². The summed E-state index contributed by atoms with van der Waals surface area (Å²) in [6.07, 6.45) is 0.118. The Morgan fingerprint density at radius 2 is 1.73 bits per heavy atom. The van der Waals surface area contributed by atoms with E-state index in [2.05, 4.69) is 0 Å². The van der Waals surface area contributed by atoms with Crippen LogP contribution >= 0.6 is 0 Å². The molecule has 3 unspecified atom stereocenters. The van der Waals surface area contributed by atoms with E-state index in [0.29, 0.717) is 18.7 Å². The van der Waals surface area contributed by atoms with E-state index in [-0.39, 0.29) is 29.4 Å². The van der Waals surface area contributed by atoms with Gasteiger partial charge in [-0.3, -0.25) is 4.79 Å². The van der Waals surface area contributed by atoms with Gasteiger partial charge in [0.05, 0.1) is 23.5 Å². The van der Waals surface area contributed by atoms with Gasteiger partial charge in [-0.2, -0.15) is 0 Å². The smallest absolute Gasteiger partial charge is 0.338 e. The summed E-state index contributed by atoms with van der Waals surface area (Å²) in [6.45, 7) is 6.26. The maximum absolute atomic E-state index is 12.5. The van der Waals surface area contributed by atoms with Crippen LogP contribution in [0.25, 0.3) is 0 Å². The molecule has 0 aromatic heterocycles. The van der Waals surface area contributed by atoms with Crippen molar-refractivity contribution in [2.24, 2.45) is 0 Å². The molecule has 1 aliphatic rings. The molecule has 1 heterocycles. The minimum absolute atomic E-state index is 0.0620. The summed E-state index contributed by atoms with van der Waals surface area (Å²) in [6, 6.07) is 6.13. The van der Waals surface area contributed by atoms with Crippen LogP contribution in [0.2, 0.25) is 0 Å². The van der Waals surface area contributed by atoms with Crippen LogP contribution in [0.15, 0.2) is 24.3 Å². The summed E-state index contributed by atoms with van der Waals surface area (Å²) in [4.78, 5) is 26.4. The van der Waals surface area contributed by atoms with E-state index in [1.807, 2.05) is 13.8 Å². The van der Waals surface area contributed by atoms with Crippen LogP contribution in [0, 0.1) is 0 Å². The van der Waals surface area contributed by atoms with Crippen molar-refractivity contribution in [3.8, 4) is 0 Å². The third-order valence-corrected chi connectivity index (χ3v) is 4.84. The molecule has 0 bridgehead atoms. The zero-order chi connectivity index (χ0) is 19.5. The summed E-state index contributed by atoms with van der Waals surface area (Å²) in [5.41, 5.74) is 0.857. The maximum atomic E-state index is 12.5. The first kappa shape index (κ1) is 20.4. The number of nitrogens with zero attached hydrogens (tertiary/aromatic N) is 1. The summed E-state index contributed by atoms with van der Waals surface area (Å²) in [5.74, 6) is -0.967. The molecule has 0 saturated carbocycles. The highest BCUT2D eigenvalue weighted by atomic mass is 32.2. The predicted molar refractivity (Wildman–Crippen MR) is 96.5 cm³/mol. The van der Waals surface area contributed by atoms with E-state index in [1.54, 1.807) is 24.0 Å². The van der Waals surface area contributed by atoms with Crippen molar-refractivity contribution in [2.45, 2.75) is 44.8 Å². The lowest BCUT2D eigenvalue weighted by molar-refractivity contribution is -0.151. The van der Waals surface area contributed by atoms with Crippen molar-refractivity contribution in [3.05, 3.63) is 35.4 Å². The van der Waals surface area contributed by atoms with Crippen LogP contribution in [0.1, 0.15) is 36.7 Å².